The maximum Gasteiger partial charge on any atom is 0.285 e. The predicted octanol–water partition coefficient (Wildman–Crippen LogP) is 3.62. The number of piperazine rings is 1. The van der Waals surface area contributed by atoms with Crippen LogP contribution < -0.4 is 0 Å². The zero-order chi connectivity index (χ0) is 27.3. The van der Waals surface area contributed by atoms with Gasteiger partial charge in [-0.05, 0) is 61.5 Å². The Morgan fingerprint density at radius 2 is 1.56 bits per heavy atom. The molecule has 9 heteroatoms. The minimum Gasteiger partial charge on any atom is -0.353 e. The first kappa shape index (κ1) is 26.9. The largest absolute Gasteiger partial charge is 0.353 e. The highest BCUT2D eigenvalue weighted by Gasteiger charge is 2.57. The van der Waals surface area contributed by atoms with E-state index in [4.69, 9.17) is 0 Å². The van der Waals surface area contributed by atoms with E-state index in [0.29, 0.717) is 46.5 Å². The lowest BCUT2D eigenvalue weighted by molar-refractivity contribution is -0.142. The highest BCUT2D eigenvalue weighted by molar-refractivity contribution is 7.90. The average Bonchev–Trinajstić information content (AvgIpc) is 3.49. The fraction of sp³-hybridized carbons (Fsp3) is 0.700. The van der Waals surface area contributed by atoms with E-state index in [1.165, 1.54) is 12.8 Å². The molecular formula is C30H42N4O4S. The third kappa shape index (κ3) is 4.83. The molecule has 0 spiro atoms. The molecular weight excluding hydrogens is 512 g/mol. The van der Waals surface area contributed by atoms with E-state index in [9.17, 15) is 18.0 Å². The van der Waals surface area contributed by atoms with E-state index in [-0.39, 0.29) is 23.7 Å². The molecule has 212 valence electrons. The molecule has 1 aromatic rings. The van der Waals surface area contributed by atoms with Gasteiger partial charge < -0.3 is 4.90 Å². The summed E-state index contributed by atoms with van der Waals surface area (Å²) in [5, 5.41) is 0. The number of likely N-dealkylation sites (tertiary alicyclic amines) is 1. The molecule has 5 aliphatic rings. The number of rotatable bonds is 6. The van der Waals surface area contributed by atoms with Gasteiger partial charge in [-0.1, -0.05) is 45.2 Å². The summed E-state index contributed by atoms with van der Waals surface area (Å²) in [6.45, 7) is 9.08. The first-order chi connectivity index (χ1) is 18.8. The Morgan fingerprint density at radius 1 is 0.897 bits per heavy atom. The van der Waals surface area contributed by atoms with Crippen molar-refractivity contribution in [3.05, 3.63) is 29.8 Å². The Hall–Kier alpha value is -2.26. The van der Waals surface area contributed by atoms with Crippen LogP contribution in [0.2, 0.25) is 0 Å². The minimum atomic E-state index is -3.61. The number of amidine groups is 1. The summed E-state index contributed by atoms with van der Waals surface area (Å²) in [5.41, 5.74) is 0.707. The molecule has 39 heavy (non-hydrogen) atoms. The van der Waals surface area contributed by atoms with Crippen LogP contribution in [0.5, 0.6) is 0 Å². The third-order valence-electron chi connectivity index (χ3n) is 10.2. The van der Waals surface area contributed by atoms with Crippen molar-refractivity contribution < 1.29 is 18.0 Å². The van der Waals surface area contributed by atoms with Crippen molar-refractivity contribution in [1.29, 1.82) is 0 Å². The van der Waals surface area contributed by atoms with Gasteiger partial charge in [-0.15, -0.1) is 4.40 Å². The van der Waals surface area contributed by atoms with Gasteiger partial charge in [0, 0.05) is 44.8 Å². The first-order valence-corrected chi connectivity index (χ1v) is 16.5. The summed E-state index contributed by atoms with van der Waals surface area (Å²) in [5.74, 6) is 2.10. The van der Waals surface area contributed by atoms with Crippen molar-refractivity contribution in [3.63, 3.8) is 0 Å². The van der Waals surface area contributed by atoms with Crippen molar-refractivity contribution in [3.8, 4) is 0 Å². The molecule has 0 N–H and O–H groups in total. The van der Waals surface area contributed by atoms with Crippen molar-refractivity contribution in [1.82, 2.24) is 14.7 Å². The number of benzene rings is 1. The number of imide groups is 1. The van der Waals surface area contributed by atoms with Gasteiger partial charge in [0.05, 0.1) is 11.8 Å². The van der Waals surface area contributed by atoms with Gasteiger partial charge in [-0.2, -0.15) is 8.42 Å². The van der Waals surface area contributed by atoms with Crippen LogP contribution in [-0.4, -0.2) is 80.0 Å². The van der Waals surface area contributed by atoms with Crippen LogP contribution in [-0.2, 0) is 19.6 Å². The van der Waals surface area contributed by atoms with Crippen LogP contribution in [0.3, 0.4) is 0 Å². The maximum atomic E-state index is 13.5. The average molecular weight is 555 g/mol. The predicted molar refractivity (Wildman–Crippen MR) is 150 cm³/mol. The van der Waals surface area contributed by atoms with Gasteiger partial charge in [0.2, 0.25) is 11.8 Å². The number of amides is 2. The molecule has 0 bridgehead atoms. The van der Waals surface area contributed by atoms with E-state index in [0.717, 1.165) is 64.8 Å². The van der Waals surface area contributed by atoms with Gasteiger partial charge in [0.25, 0.3) is 10.0 Å². The van der Waals surface area contributed by atoms with Crippen molar-refractivity contribution in [2.75, 3.05) is 39.3 Å². The Balaban J connectivity index is 1.08. The standard InChI is InChI=1S/C30H42N4O4S/c1-3-8-21-17-20(2)26-27(21)30(36)34(29(26)35)19-23-10-5-4-9-22(23)18-32-13-15-33(16-14-32)28-24-11-6-7-12-25(24)39(37,38)31-28/h6-7,11-12,20-23,26-27H,3-5,8-10,13-19H2,1-2H3/t20-,21+,22?,23?,26?,27?/m0/s1. The van der Waals surface area contributed by atoms with E-state index in [1.807, 2.05) is 12.1 Å². The van der Waals surface area contributed by atoms with Gasteiger partial charge in [0.1, 0.15) is 4.90 Å². The monoisotopic (exact) mass is 554 g/mol. The van der Waals surface area contributed by atoms with Crippen LogP contribution in [0.1, 0.15) is 64.4 Å². The SMILES string of the molecule is CCC[C@@H]1C[C@H](C)C2C(=O)N(CC3CCCCC3CN3CCN(C4=NS(=O)(=O)c5ccccc54)CC3)C(=O)C21. The second-order valence-electron chi connectivity index (χ2n) is 12.6. The smallest absolute Gasteiger partial charge is 0.285 e. The van der Waals surface area contributed by atoms with Crippen LogP contribution in [0.25, 0.3) is 0 Å². The maximum absolute atomic E-state index is 13.5. The molecule has 2 saturated carbocycles. The van der Waals surface area contributed by atoms with Gasteiger partial charge >= 0.3 is 0 Å². The Bertz CT molecular complexity index is 1260. The minimum absolute atomic E-state index is 0.0879. The molecule has 2 saturated heterocycles. The lowest BCUT2D eigenvalue weighted by atomic mass is 9.78. The normalized spacial score (nSPS) is 34.4. The Morgan fingerprint density at radius 3 is 2.28 bits per heavy atom. The number of hydrogen-bond donors (Lipinski definition) is 0. The highest BCUT2D eigenvalue weighted by Crippen LogP contribution is 2.49. The lowest BCUT2D eigenvalue weighted by Gasteiger charge is -2.41. The topological polar surface area (TPSA) is 90.4 Å². The number of sulfonamides is 1. The summed E-state index contributed by atoms with van der Waals surface area (Å²) in [6.07, 6.45) is 7.71. The van der Waals surface area contributed by atoms with E-state index < -0.39 is 10.0 Å². The molecule has 6 rings (SSSR count). The fourth-order valence-corrected chi connectivity index (χ4v) is 9.50. The highest BCUT2D eigenvalue weighted by atomic mass is 32.2. The second kappa shape index (κ2) is 10.6. The number of nitrogens with zero attached hydrogens (tertiary/aromatic N) is 4. The van der Waals surface area contributed by atoms with E-state index in [1.54, 1.807) is 17.0 Å². The molecule has 8 nitrogen and oxygen atoms in total. The Kier molecular flexibility index (Phi) is 7.33. The molecule has 2 aliphatic carbocycles. The Labute approximate surface area is 232 Å². The molecule has 3 aliphatic heterocycles. The molecule has 4 fully saturated rings. The molecule has 1 aromatic carbocycles. The number of fused-ring (bicyclic) bond motifs is 2. The molecule has 0 radical (unpaired) electrons. The van der Waals surface area contributed by atoms with Crippen LogP contribution in [0.15, 0.2) is 33.6 Å². The van der Waals surface area contributed by atoms with Crippen LogP contribution >= 0.6 is 0 Å². The van der Waals surface area contributed by atoms with Gasteiger partial charge in [-0.3, -0.25) is 19.4 Å². The summed E-state index contributed by atoms with van der Waals surface area (Å²) in [6, 6.07) is 7.09. The molecule has 4 unspecified atom stereocenters. The fourth-order valence-electron chi connectivity index (χ4n) is 8.28. The van der Waals surface area contributed by atoms with Crippen molar-refractivity contribution >= 4 is 27.7 Å². The van der Waals surface area contributed by atoms with Crippen LogP contribution in [0, 0.1) is 35.5 Å². The summed E-state index contributed by atoms with van der Waals surface area (Å²) in [4.78, 5) is 33.5. The van der Waals surface area contributed by atoms with Crippen molar-refractivity contribution in [2.45, 2.75) is 63.7 Å². The zero-order valence-corrected chi connectivity index (χ0v) is 24.1. The molecule has 6 atom stereocenters. The second-order valence-corrected chi connectivity index (χ2v) is 14.2. The summed E-state index contributed by atoms with van der Waals surface area (Å²) >= 11 is 0. The number of carbonyl (C=O) groups excluding carboxylic acids is 2. The first-order valence-electron chi connectivity index (χ1n) is 15.1. The summed E-state index contributed by atoms with van der Waals surface area (Å²) in [7, 11) is -3.61. The molecule has 3 heterocycles. The number of carbonyl (C=O) groups is 2. The van der Waals surface area contributed by atoms with E-state index >= 15 is 0 Å². The zero-order valence-electron chi connectivity index (χ0n) is 23.3. The quantitative estimate of drug-likeness (QED) is 0.499. The third-order valence-corrected chi connectivity index (χ3v) is 11.5. The van der Waals surface area contributed by atoms with E-state index in [2.05, 4.69) is 28.0 Å². The van der Waals surface area contributed by atoms with Gasteiger partial charge in [0.15, 0.2) is 5.84 Å². The van der Waals surface area contributed by atoms with Crippen molar-refractivity contribution in [2.24, 2.45) is 39.9 Å². The summed E-state index contributed by atoms with van der Waals surface area (Å²) < 4.78 is 29.1. The number of hydrogen-bond acceptors (Lipinski definition) is 6. The molecule has 2 amide bonds. The van der Waals surface area contributed by atoms with Crippen LogP contribution in [0.4, 0.5) is 0 Å². The van der Waals surface area contributed by atoms with Gasteiger partial charge in [-0.25, -0.2) is 0 Å². The lowest BCUT2D eigenvalue weighted by Crippen LogP contribution is -2.51. The molecule has 0 aromatic heterocycles.